The SMILES string of the molecule is COCCc1noc(-c2cnc(Nc3ccccc3)nc2)n1. The molecule has 7 nitrogen and oxygen atoms in total. The Hall–Kier alpha value is -2.80. The van der Waals surface area contributed by atoms with Gasteiger partial charge >= 0.3 is 0 Å². The summed E-state index contributed by atoms with van der Waals surface area (Å²) < 4.78 is 10.2. The van der Waals surface area contributed by atoms with Gasteiger partial charge in [0.15, 0.2) is 5.82 Å². The first-order valence-electron chi connectivity index (χ1n) is 6.81. The number of nitrogens with zero attached hydrogens (tertiary/aromatic N) is 4. The third kappa shape index (κ3) is 3.44. The Morgan fingerprint density at radius 2 is 1.91 bits per heavy atom. The fraction of sp³-hybridized carbons (Fsp3) is 0.200. The van der Waals surface area contributed by atoms with E-state index in [1.54, 1.807) is 19.5 Å². The zero-order valence-electron chi connectivity index (χ0n) is 12.1. The Bertz CT molecular complexity index is 712. The molecule has 3 aromatic rings. The zero-order valence-corrected chi connectivity index (χ0v) is 12.1. The molecule has 0 amide bonds. The monoisotopic (exact) mass is 297 g/mol. The molecule has 3 rings (SSSR count). The first-order chi connectivity index (χ1) is 10.8. The van der Waals surface area contributed by atoms with Crippen LogP contribution in [0, 0.1) is 0 Å². The third-order valence-electron chi connectivity index (χ3n) is 2.93. The van der Waals surface area contributed by atoms with E-state index in [-0.39, 0.29) is 0 Å². The number of nitrogens with one attached hydrogen (secondary N) is 1. The molecule has 7 heteroatoms. The predicted molar refractivity (Wildman–Crippen MR) is 80.6 cm³/mol. The van der Waals surface area contributed by atoms with Crippen LogP contribution in [0.2, 0.25) is 0 Å². The van der Waals surface area contributed by atoms with Gasteiger partial charge in [0.25, 0.3) is 5.89 Å². The average molecular weight is 297 g/mol. The van der Waals surface area contributed by atoms with E-state index < -0.39 is 0 Å². The van der Waals surface area contributed by atoms with Gasteiger partial charge in [-0.3, -0.25) is 0 Å². The highest BCUT2D eigenvalue weighted by Gasteiger charge is 2.10. The molecule has 0 unspecified atom stereocenters. The van der Waals surface area contributed by atoms with E-state index in [0.29, 0.717) is 36.3 Å². The van der Waals surface area contributed by atoms with Crippen molar-refractivity contribution < 1.29 is 9.26 Å². The summed E-state index contributed by atoms with van der Waals surface area (Å²) >= 11 is 0. The second kappa shape index (κ2) is 6.77. The third-order valence-corrected chi connectivity index (χ3v) is 2.93. The van der Waals surface area contributed by atoms with Gasteiger partial charge in [0, 0.05) is 31.6 Å². The number of methoxy groups -OCH3 is 1. The molecule has 1 N–H and O–H groups in total. The predicted octanol–water partition coefficient (Wildman–Crippen LogP) is 2.46. The Kier molecular flexibility index (Phi) is 4.35. The molecule has 0 atom stereocenters. The van der Waals surface area contributed by atoms with E-state index in [1.165, 1.54) is 0 Å². The van der Waals surface area contributed by atoms with Crippen molar-refractivity contribution in [2.75, 3.05) is 19.0 Å². The van der Waals surface area contributed by atoms with Crippen molar-refractivity contribution in [3.63, 3.8) is 0 Å². The maximum atomic E-state index is 5.19. The smallest absolute Gasteiger partial charge is 0.261 e. The van der Waals surface area contributed by atoms with Gasteiger partial charge in [0.2, 0.25) is 5.95 Å². The number of benzene rings is 1. The molecule has 0 saturated carbocycles. The summed E-state index contributed by atoms with van der Waals surface area (Å²) in [6.45, 7) is 0.551. The van der Waals surface area contributed by atoms with Crippen LogP contribution < -0.4 is 5.32 Å². The molecule has 0 bridgehead atoms. The van der Waals surface area contributed by atoms with Gasteiger partial charge in [-0.05, 0) is 12.1 Å². The molecule has 2 heterocycles. The van der Waals surface area contributed by atoms with Crippen molar-refractivity contribution >= 4 is 11.6 Å². The van der Waals surface area contributed by atoms with Crippen LogP contribution in [0.25, 0.3) is 11.5 Å². The van der Waals surface area contributed by atoms with Gasteiger partial charge in [-0.25, -0.2) is 9.97 Å². The molecule has 0 spiro atoms. The van der Waals surface area contributed by atoms with E-state index in [0.717, 1.165) is 5.69 Å². The summed E-state index contributed by atoms with van der Waals surface area (Å²) in [7, 11) is 1.63. The topological polar surface area (TPSA) is 86.0 Å². The van der Waals surface area contributed by atoms with Gasteiger partial charge in [0.05, 0.1) is 12.2 Å². The number of hydrogen-bond acceptors (Lipinski definition) is 7. The fourth-order valence-electron chi connectivity index (χ4n) is 1.82. The summed E-state index contributed by atoms with van der Waals surface area (Å²) in [6.07, 6.45) is 3.90. The molecule has 0 radical (unpaired) electrons. The summed E-state index contributed by atoms with van der Waals surface area (Å²) in [6, 6.07) is 9.72. The lowest BCUT2D eigenvalue weighted by Gasteiger charge is -2.03. The van der Waals surface area contributed by atoms with Crippen LogP contribution in [0.5, 0.6) is 0 Å². The van der Waals surface area contributed by atoms with E-state index in [2.05, 4.69) is 25.4 Å². The van der Waals surface area contributed by atoms with E-state index in [4.69, 9.17) is 9.26 Å². The number of hydrogen-bond donors (Lipinski definition) is 1. The van der Waals surface area contributed by atoms with Crippen LogP contribution >= 0.6 is 0 Å². The Morgan fingerprint density at radius 1 is 1.14 bits per heavy atom. The highest BCUT2D eigenvalue weighted by atomic mass is 16.5. The number of rotatable bonds is 6. The highest BCUT2D eigenvalue weighted by Crippen LogP contribution is 2.17. The lowest BCUT2D eigenvalue weighted by Crippen LogP contribution is -1.97. The Balaban J connectivity index is 1.70. The van der Waals surface area contributed by atoms with E-state index in [9.17, 15) is 0 Å². The summed E-state index contributed by atoms with van der Waals surface area (Å²) in [4.78, 5) is 12.8. The van der Waals surface area contributed by atoms with Crippen molar-refractivity contribution in [1.82, 2.24) is 20.1 Å². The van der Waals surface area contributed by atoms with Crippen molar-refractivity contribution in [3.8, 4) is 11.5 Å². The molecule has 0 aliphatic rings. The molecular weight excluding hydrogens is 282 g/mol. The van der Waals surface area contributed by atoms with Gasteiger partial charge < -0.3 is 14.6 Å². The highest BCUT2D eigenvalue weighted by molar-refractivity contribution is 5.55. The molecule has 112 valence electrons. The zero-order chi connectivity index (χ0) is 15.2. The van der Waals surface area contributed by atoms with Crippen LogP contribution in [0.4, 0.5) is 11.6 Å². The standard InChI is InChI=1S/C15H15N5O2/c1-21-8-7-13-19-14(22-20-13)11-9-16-15(17-10-11)18-12-5-3-2-4-6-12/h2-6,9-10H,7-8H2,1H3,(H,16,17,18). The minimum absolute atomic E-state index is 0.400. The first-order valence-corrected chi connectivity index (χ1v) is 6.81. The molecule has 2 aromatic heterocycles. The van der Waals surface area contributed by atoms with Crippen LogP contribution in [0.1, 0.15) is 5.82 Å². The summed E-state index contributed by atoms with van der Waals surface area (Å²) in [5, 5.41) is 6.99. The first kappa shape index (κ1) is 14.2. The molecular formula is C15H15N5O2. The minimum Gasteiger partial charge on any atom is -0.384 e. The van der Waals surface area contributed by atoms with Gasteiger partial charge in [-0.1, -0.05) is 23.4 Å². The minimum atomic E-state index is 0.400. The number of para-hydroxylation sites is 1. The molecule has 22 heavy (non-hydrogen) atoms. The lowest BCUT2D eigenvalue weighted by molar-refractivity contribution is 0.199. The molecule has 0 aliphatic carbocycles. The Morgan fingerprint density at radius 3 is 2.64 bits per heavy atom. The molecule has 0 fully saturated rings. The van der Waals surface area contributed by atoms with E-state index >= 15 is 0 Å². The van der Waals surface area contributed by atoms with Crippen LogP contribution in [-0.4, -0.2) is 33.8 Å². The van der Waals surface area contributed by atoms with Crippen molar-refractivity contribution in [3.05, 3.63) is 48.5 Å². The fourth-order valence-corrected chi connectivity index (χ4v) is 1.82. The normalized spacial score (nSPS) is 10.6. The van der Waals surface area contributed by atoms with Crippen LogP contribution in [0.15, 0.2) is 47.2 Å². The van der Waals surface area contributed by atoms with Crippen molar-refractivity contribution in [2.45, 2.75) is 6.42 Å². The number of aromatic nitrogens is 4. The average Bonchev–Trinajstić information content (AvgIpc) is 3.03. The van der Waals surface area contributed by atoms with Crippen LogP contribution in [-0.2, 0) is 11.2 Å². The molecule has 0 aliphatic heterocycles. The summed E-state index contributed by atoms with van der Waals surface area (Å²) in [5.74, 6) is 1.51. The van der Waals surface area contributed by atoms with Gasteiger partial charge in [-0.15, -0.1) is 0 Å². The van der Waals surface area contributed by atoms with Crippen molar-refractivity contribution in [1.29, 1.82) is 0 Å². The quantitative estimate of drug-likeness (QED) is 0.747. The van der Waals surface area contributed by atoms with Crippen LogP contribution in [0.3, 0.4) is 0 Å². The second-order valence-corrected chi connectivity index (χ2v) is 4.54. The van der Waals surface area contributed by atoms with Crippen molar-refractivity contribution in [2.24, 2.45) is 0 Å². The Labute approximate surface area is 127 Å². The molecule has 1 aromatic carbocycles. The summed E-state index contributed by atoms with van der Waals surface area (Å²) in [5.41, 5.74) is 1.60. The maximum absolute atomic E-state index is 5.19. The van der Waals surface area contributed by atoms with Gasteiger partial charge in [-0.2, -0.15) is 4.98 Å². The largest absolute Gasteiger partial charge is 0.384 e. The van der Waals surface area contributed by atoms with E-state index in [1.807, 2.05) is 30.3 Å². The second-order valence-electron chi connectivity index (χ2n) is 4.54. The lowest BCUT2D eigenvalue weighted by atomic mass is 10.3. The number of anilines is 2. The number of ether oxygens (including phenoxy) is 1. The maximum Gasteiger partial charge on any atom is 0.261 e. The van der Waals surface area contributed by atoms with Gasteiger partial charge in [0.1, 0.15) is 0 Å². The molecule has 0 saturated heterocycles.